The van der Waals surface area contributed by atoms with Crippen LogP contribution in [-0.2, 0) is 17.8 Å². The molecule has 2 heterocycles. The third kappa shape index (κ3) is 5.11. The van der Waals surface area contributed by atoms with Crippen molar-refractivity contribution in [2.75, 3.05) is 17.7 Å². The van der Waals surface area contributed by atoms with Crippen molar-refractivity contribution in [2.45, 2.75) is 32.0 Å². The van der Waals surface area contributed by atoms with Gasteiger partial charge >= 0.3 is 0 Å². The molecule has 2 aromatic heterocycles. The van der Waals surface area contributed by atoms with Gasteiger partial charge in [0.15, 0.2) is 5.16 Å². The first kappa shape index (κ1) is 19.4. The Hall–Kier alpha value is -2.32. The number of amides is 1. The number of benzene rings is 1. The molecule has 0 atom stereocenters. The Morgan fingerprint density at radius 2 is 2.07 bits per heavy atom. The van der Waals surface area contributed by atoms with Crippen molar-refractivity contribution in [1.82, 2.24) is 14.8 Å². The van der Waals surface area contributed by atoms with Gasteiger partial charge in [-0.3, -0.25) is 4.79 Å². The summed E-state index contributed by atoms with van der Waals surface area (Å²) in [6, 6.07) is 11.6. The molecule has 0 fully saturated rings. The lowest BCUT2D eigenvalue weighted by Crippen LogP contribution is -2.15. The van der Waals surface area contributed by atoms with E-state index in [0.29, 0.717) is 18.0 Å². The van der Waals surface area contributed by atoms with Crippen LogP contribution in [0.25, 0.3) is 0 Å². The smallest absolute Gasteiger partial charge is 0.234 e. The average Bonchev–Trinajstić information content (AvgIpc) is 3.32. The third-order valence-electron chi connectivity index (χ3n) is 3.82. The minimum Gasteiger partial charge on any atom is -0.492 e. The van der Waals surface area contributed by atoms with Crippen LogP contribution in [0.1, 0.15) is 24.5 Å². The number of carbonyl (C=O) groups is 1. The van der Waals surface area contributed by atoms with E-state index in [-0.39, 0.29) is 11.7 Å². The quantitative estimate of drug-likeness (QED) is 0.546. The van der Waals surface area contributed by atoms with E-state index in [1.165, 1.54) is 16.6 Å². The molecule has 6 nitrogen and oxygen atoms in total. The van der Waals surface area contributed by atoms with Crippen LogP contribution in [0.2, 0.25) is 0 Å². The first-order valence-electron chi connectivity index (χ1n) is 8.80. The maximum atomic E-state index is 12.4. The standard InChI is InChI=1S/C19H22N4O2S2/c1-3-23-17(12-14-8-7-11-26-14)21-22-19(23)27-13-18(24)20-15-9-5-6-10-16(15)25-4-2/h5-11H,3-4,12-13H2,1-2H3,(H,20,24). The van der Waals surface area contributed by atoms with E-state index in [1.54, 1.807) is 11.3 Å². The molecule has 8 heteroatoms. The van der Waals surface area contributed by atoms with Gasteiger partial charge in [0.25, 0.3) is 0 Å². The number of carbonyl (C=O) groups excluding carboxylic acids is 1. The zero-order chi connectivity index (χ0) is 19.1. The molecule has 142 valence electrons. The van der Waals surface area contributed by atoms with Crippen molar-refractivity contribution in [2.24, 2.45) is 0 Å². The molecule has 1 aromatic carbocycles. The minimum absolute atomic E-state index is 0.0994. The summed E-state index contributed by atoms with van der Waals surface area (Å²) in [5, 5.41) is 14.3. The lowest BCUT2D eigenvalue weighted by atomic mass is 10.3. The summed E-state index contributed by atoms with van der Waals surface area (Å²) in [6.45, 7) is 5.29. The van der Waals surface area contributed by atoms with Crippen LogP contribution in [-0.4, -0.2) is 33.0 Å². The normalized spacial score (nSPS) is 10.7. The summed E-state index contributed by atoms with van der Waals surface area (Å²) in [6.07, 6.45) is 0.757. The number of nitrogens with one attached hydrogen (secondary N) is 1. The van der Waals surface area contributed by atoms with Gasteiger partial charge in [-0.25, -0.2) is 0 Å². The molecule has 0 unspecified atom stereocenters. The van der Waals surface area contributed by atoms with Gasteiger partial charge < -0.3 is 14.6 Å². The Kier molecular flexibility index (Phi) is 6.89. The van der Waals surface area contributed by atoms with Crippen LogP contribution >= 0.6 is 23.1 Å². The Bertz CT molecular complexity index is 878. The zero-order valence-electron chi connectivity index (χ0n) is 15.3. The molecule has 0 bridgehead atoms. The summed E-state index contributed by atoms with van der Waals surface area (Å²) in [4.78, 5) is 13.6. The SMILES string of the molecule is CCOc1ccccc1NC(=O)CSc1nnc(Cc2cccs2)n1CC. The van der Waals surface area contributed by atoms with E-state index in [1.807, 2.05) is 37.3 Å². The van der Waals surface area contributed by atoms with E-state index in [0.717, 1.165) is 23.9 Å². The number of hydrogen-bond donors (Lipinski definition) is 1. The predicted octanol–water partition coefficient (Wildman–Crippen LogP) is 4.08. The molecule has 3 aromatic rings. The highest BCUT2D eigenvalue weighted by molar-refractivity contribution is 7.99. The van der Waals surface area contributed by atoms with E-state index in [2.05, 4.69) is 38.5 Å². The summed E-state index contributed by atoms with van der Waals surface area (Å²) in [5.74, 6) is 1.76. The topological polar surface area (TPSA) is 69.0 Å². The number of thioether (sulfide) groups is 1. The molecule has 0 radical (unpaired) electrons. The molecular formula is C19H22N4O2S2. The second-order valence-electron chi connectivity index (χ2n) is 5.67. The molecule has 1 amide bonds. The third-order valence-corrected chi connectivity index (χ3v) is 5.66. The highest BCUT2D eigenvalue weighted by Gasteiger charge is 2.14. The van der Waals surface area contributed by atoms with E-state index >= 15 is 0 Å². The largest absolute Gasteiger partial charge is 0.492 e. The number of aromatic nitrogens is 3. The molecule has 1 N–H and O–H groups in total. The van der Waals surface area contributed by atoms with Crippen molar-refractivity contribution >= 4 is 34.7 Å². The van der Waals surface area contributed by atoms with Gasteiger partial charge in [0.05, 0.1) is 18.0 Å². The second kappa shape index (κ2) is 9.57. The Balaban J connectivity index is 1.61. The molecule has 0 aliphatic rings. The fraction of sp³-hybridized carbons (Fsp3) is 0.316. The van der Waals surface area contributed by atoms with Gasteiger partial charge in [-0.05, 0) is 37.4 Å². The lowest BCUT2D eigenvalue weighted by molar-refractivity contribution is -0.113. The van der Waals surface area contributed by atoms with Gasteiger partial charge in [0.1, 0.15) is 11.6 Å². The number of nitrogens with zero attached hydrogens (tertiary/aromatic N) is 3. The van der Waals surface area contributed by atoms with Gasteiger partial charge in [-0.1, -0.05) is 30.0 Å². The van der Waals surface area contributed by atoms with Gasteiger partial charge in [-0.15, -0.1) is 21.5 Å². The van der Waals surface area contributed by atoms with Crippen molar-refractivity contribution in [1.29, 1.82) is 0 Å². The summed E-state index contributed by atoms with van der Waals surface area (Å²) in [5.41, 5.74) is 0.681. The fourth-order valence-corrected chi connectivity index (χ4v) is 4.13. The highest BCUT2D eigenvalue weighted by Crippen LogP contribution is 2.25. The van der Waals surface area contributed by atoms with Crippen molar-refractivity contribution in [3.63, 3.8) is 0 Å². The zero-order valence-corrected chi connectivity index (χ0v) is 17.0. The number of hydrogen-bond acceptors (Lipinski definition) is 6. The van der Waals surface area contributed by atoms with Gasteiger partial charge in [0, 0.05) is 17.8 Å². The summed E-state index contributed by atoms with van der Waals surface area (Å²) in [7, 11) is 0. The van der Waals surface area contributed by atoms with Crippen LogP contribution in [0.15, 0.2) is 46.9 Å². The monoisotopic (exact) mass is 402 g/mol. The van der Waals surface area contributed by atoms with Crippen molar-refractivity contribution in [3.05, 3.63) is 52.5 Å². The van der Waals surface area contributed by atoms with Crippen LogP contribution in [0, 0.1) is 0 Å². The number of thiophene rings is 1. The molecule has 3 rings (SSSR count). The predicted molar refractivity (Wildman–Crippen MR) is 110 cm³/mol. The van der Waals surface area contributed by atoms with E-state index in [4.69, 9.17) is 4.74 Å². The molecule has 0 saturated carbocycles. The first-order valence-corrected chi connectivity index (χ1v) is 10.7. The second-order valence-corrected chi connectivity index (χ2v) is 7.64. The van der Waals surface area contributed by atoms with Gasteiger partial charge in [-0.2, -0.15) is 0 Å². The molecule has 0 spiro atoms. The van der Waals surface area contributed by atoms with Crippen LogP contribution < -0.4 is 10.1 Å². The fourth-order valence-electron chi connectivity index (χ4n) is 2.61. The molecule has 27 heavy (non-hydrogen) atoms. The van der Waals surface area contributed by atoms with Crippen LogP contribution in [0.4, 0.5) is 5.69 Å². The minimum atomic E-state index is -0.0994. The Morgan fingerprint density at radius 1 is 1.22 bits per heavy atom. The summed E-state index contributed by atoms with van der Waals surface area (Å²) >= 11 is 3.10. The van der Waals surface area contributed by atoms with Gasteiger partial charge in [0.2, 0.25) is 5.91 Å². The summed E-state index contributed by atoms with van der Waals surface area (Å²) < 4.78 is 7.60. The van der Waals surface area contributed by atoms with Crippen molar-refractivity contribution in [3.8, 4) is 5.75 Å². The maximum Gasteiger partial charge on any atom is 0.234 e. The number of para-hydroxylation sites is 2. The highest BCUT2D eigenvalue weighted by atomic mass is 32.2. The molecule has 0 aliphatic heterocycles. The lowest BCUT2D eigenvalue weighted by Gasteiger charge is -2.11. The number of anilines is 1. The maximum absolute atomic E-state index is 12.4. The Morgan fingerprint density at radius 3 is 2.81 bits per heavy atom. The van der Waals surface area contributed by atoms with E-state index in [9.17, 15) is 4.79 Å². The van der Waals surface area contributed by atoms with Crippen molar-refractivity contribution < 1.29 is 9.53 Å². The average molecular weight is 403 g/mol. The first-order chi connectivity index (χ1) is 13.2. The molecule has 0 saturated heterocycles. The van der Waals surface area contributed by atoms with Crippen LogP contribution in [0.3, 0.4) is 0 Å². The Labute approximate surface area is 167 Å². The molecular weight excluding hydrogens is 380 g/mol. The van der Waals surface area contributed by atoms with E-state index < -0.39 is 0 Å². The molecule has 0 aliphatic carbocycles. The number of ether oxygens (including phenoxy) is 1. The number of rotatable bonds is 9. The van der Waals surface area contributed by atoms with Crippen LogP contribution in [0.5, 0.6) is 5.75 Å².